The summed E-state index contributed by atoms with van der Waals surface area (Å²) in [5, 5.41) is 3.31. The van der Waals surface area contributed by atoms with Gasteiger partial charge in [0.25, 0.3) is 0 Å². The van der Waals surface area contributed by atoms with Crippen LogP contribution < -0.4 is 5.32 Å². The molecule has 0 aromatic rings. The molecule has 0 aliphatic rings. The van der Waals surface area contributed by atoms with Gasteiger partial charge in [-0.1, -0.05) is 13.3 Å². The molecule has 1 N–H and O–H groups in total. The second-order valence-corrected chi connectivity index (χ2v) is 2.60. The Bertz CT molecular complexity index is 66.3. The lowest BCUT2D eigenvalue weighted by Gasteiger charge is -2.09. The Morgan fingerprint density at radius 1 is 1.50 bits per heavy atom. The maximum atomic E-state index is 5.07. The first-order valence-corrected chi connectivity index (χ1v) is 4.04. The zero-order chi connectivity index (χ0) is 7.82. The van der Waals surface area contributed by atoms with E-state index in [1.807, 2.05) is 0 Å². The average Bonchev–Trinajstić information content (AvgIpc) is 1.98. The van der Waals surface area contributed by atoms with E-state index in [-0.39, 0.29) is 0 Å². The summed E-state index contributed by atoms with van der Waals surface area (Å²) in [4.78, 5) is 0. The first-order valence-electron chi connectivity index (χ1n) is 4.04. The van der Waals surface area contributed by atoms with E-state index in [1.54, 1.807) is 7.11 Å². The zero-order valence-corrected chi connectivity index (χ0v) is 7.31. The number of hydrogen-bond donors (Lipinski definition) is 1. The second kappa shape index (κ2) is 7.03. The highest BCUT2D eigenvalue weighted by Crippen LogP contribution is 1.85. The molecule has 10 heavy (non-hydrogen) atoms. The highest BCUT2D eigenvalue weighted by Gasteiger charge is 1.95. The highest BCUT2D eigenvalue weighted by molar-refractivity contribution is 4.53. The molecule has 1 unspecified atom stereocenters. The molecule has 0 aromatic carbocycles. The van der Waals surface area contributed by atoms with Crippen LogP contribution in [0.25, 0.3) is 0 Å². The second-order valence-electron chi connectivity index (χ2n) is 2.60. The van der Waals surface area contributed by atoms with Gasteiger partial charge >= 0.3 is 0 Å². The topological polar surface area (TPSA) is 21.3 Å². The molecule has 0 fully saturated rings. The number of nitrogens with one attached hydrogen (secondary N) is 1. The predicted molar refractivity (Wildman–Crippen MR) is 44.2 cm³/mol. The zero-order valence-electron chi connectivity index (χ0n) is 7.31. The largest absolute Gasteiger partial charge is 0.380 e. The molecule has 0 heterocycles. The third-order valence-electron chi connectivity index (χ3n) is 1.54. The lowest BCUT2D eigenvalue weighted by atomic mass is 10.3. The van der Waals surface area contributed by atoms with Crippen molar-refractivity contribution in [2.24, 2.45) is 0 Å². The Labute approximate surface area is 64.0 Å². The number of ether oxygens (including phenoxy) is 1. The van der Waals surface area contributed by atoms with Crippen molar-refractivity contribution in [3.05, 3.63) is 0 Å². The van der Waals surface area contributed by atoms with Crippen LogP contribution >= 0.6 is 0 Å². The summed E-state index contributed by atoms with van der Waals surface area (Å²) in [6, 6.07) is 0. The van der Waals surface area contributed by atoms with Gasteiger partial charge in [-0.05, 0) is 19.9 Å². The molecule has 0 saturated heterocycles. The molecule has 2 heteroatoms. The Morgan fingerprint density at radius 3 is 2.70 bits per heavy atom. The number of hydrogen-bond acceptors (Lipinski definition) is 2. The van der Waals surface area contributed by atoms with Crippen LogP contribution in [0.15, 0.2) is 0 Å². The van der Waals surface area contributed by atoms with Crippen LogP contribution in [-0.4, -0.2) is 26.3 Å². The summed E-state index contributed by atoms with van der Waals surface area (Å²) in [6.07, 6.45) is 2.86. The van der Waals surface area contributed by atoms with Gasteiger partial charge in [-0.25, -0.2) is 0 Å². The maximum absolute atomic E-state index is 5.07. The van der Waals surface area contributed by atoms with E-state index in [9.17, 15) is 0 Å². The molecule has 2 nitrogen and oxygen atoms in total. The van der Waals surface area contributed by atoms with E-state index >= 15 is 0 Å². The van der Waals surface area contributed by atoms with Crippen molar-refractivity contribution in [2.75, 3.05) is 20.2 Å². The molecule has 0 bridgehead atoms. The monoisotopic (exact) mass is 145 g/mol. The molecule has 0 aliphatic carbocycles. The van der Waals surface area contributed by atoms with Crippen LogP contribution in [0.1, 0.15) is 26.7 Å². The molecule has 62 valence electrons. The minimum atomic E-state index is 0.344. The summed E-state index contributed by atoms with van der Waals surface area (Å²) >= 11 is 0. The van der Waals surface area contributed by atoms with Crippen molar-refractivity contribution in [3.8, 4) is 0 Å². The van der Waals surface area contributed by atoms with Crippen molar-refractivity contribution in [3.63, 3.8) is 0 Å². The standard InChI is InChI=1S/C8H19NO/c1-4-5-6-9-7-8(2)10-3/h8-9H,4-7H2,1-3H3. The third kappa shape index (κ3) is 6.05. The van der Waals surface area contributed by atoms with Crippen LogP contribution in [0.4, 0.5) is 0 Å². The van der Waals surface area contributed by atoms with Gasteiger partial charge in [-0.3, -0.25) is 0 Å². The normalized spacial score (nSPS) is 13.5. The SMILES string of the molecule is CCCCNCC(C)OC. The van der Waals surface area contributed by atoms with Gasteiger partial charge in [-0.15, -0.1) is 0 Å². The van der Waals surface area contributed by atoms with Gasteiger partial charge in [0.2, 0.25) is 0 Å². The lowest BCUT2D eigenvalue weighted by Crippen LogP contribution is -2.26. The molecule has 1 atom stereocenters. The quantitative estimate of drug-likeness (QED) is 0.571. The van der Waals surface area contributed by atoms with Gasteiger partial charge < -0.3 is 10.1 Å². The van der Waals surface area contributed by atoms with E-state index < -0.39 is 0 Å². The molecule has 0 aromatic heterocycles. The fourth-order valence-corrected chi connectivity index (χ4v) is 0.690. The van der Waals surface area contributed by atoms with Crippen LogP contribution in [0, 0.1) is 0 Å². The Morgan fingerprint density at radius 2 is 2.20 bits per heavy atom. The molecule has 0 saturated carbocycles. The Balaban J connectivity index is 2.89. The number of unbranched alkanes of at least 4 members (excludes halogenated alkanes) is 1. The lowest BCUT2D eigenvalue weighted by molar-refractivity contribution is 0.117. The fraction of sp³-hybridized carbons (Fsp3) is 1.00. The smallest absolute Gasteiger partial charge is 0.0667 e. The number of methoxy groups -OCH3 is 1. The van der Waals surface area contributed by atoms with Gasteiger partial charge in [-0.2, -0.15) is 0 Å². The van der Waals surface area contributed by atoms with E-state index in [0.29, 0.717) is 6.10 Å². The first kappa shape index (κ1) is 9.92. The van der Waals surface area contributed by atoms with Crippen LogP contribution in [-0.2, 0) is 4.74 Å². The molecule has 0 spiro atoms. The molecule has 0 amide bonds. The van der Waals surface area contributed by atoms with Crippen molar-refractivity contribution in [1.29, 1.82) is 0 Å². The van der Waals surface area contributed by atoms with E-state index in [1.165, 1.54) is 12.8 Å². The highest BCUT2D eigenvalue weighted by atomic mass is 16.5. The van der Waals surface area contributed by atoms with E-state index in [2.05, 4.69) is 19.2 Å². The van der Waals surface area contributed by atoms with Crippen molar-refractivity contribution >= 4 is 0 Å². The average molecular weight is 145 g/mol. The summed E-state index contributed by atoms with van der Waals surface area (Å²) in [5.41, 5.74) is 0. The minimum Gasteiger partial charge on any atom is -0.380 e. The van der Waals surface area contributed by atoms with Gasteiger partial charge in [0.1, 0.15) is 0 Å². The molecule has 0 rings (SSSR count). The van der Waals surface area contributed by atoms with Crippen molar-refractivity contribution in [2.45, 2.75) is 32.8 Å². The third-order valence-corrected chi connectivity index (χ3v) is 1.54. The van der Waals surface area contributed by atoms with E-state index in [4.69, 9.17) is 4.74 Å². The molecule has 0 aliphatic heterocycles. The number of rotatable bonds is 6. The summed E-state index contributed by atoms with van der Waals surface area (Å²) in [7, 11) is 1.74. The Hall–Kier alpha value is -0.0800. The van der Waals surface area contributed by atoms with Crippen LogP contribution in [0.2, 0.25) is 0 Å². The van der Waals surface area contributed by atoms with Gasteiger partial charge in [0.15, 0.2) is 0 Å². The van der Waals surface area contributed by atoms with Crippen molar-refractivity contribution in [1.82, 2.24) is 5.32 Å². The molecular weight excluding hydrogens is 126 g/mol. The minimum absolute atomic E-state index is 0.344. The summed E-state index contributed by atoms with van der Waals surface area (Å²) < 4.78 is 5.07. The summed E-state index contributed by atoms with van der Waals surface area (Å²) in [5.74, 6) is 0. The van der Waals surface area contributed by atoms with Gasteiger partial charge in [0.05, 0.1) is 6.10 Å². The maximum Gasteiger partial charge on any atom is 0.0667 e. The predicted octanol–water partition coefficient (Wildman–Crippen LogP) is 1.41. The van der Waals surface area contributed by atoms with E-state index in [0.717, 1.165) is 13.1 Å². The first-order chi connectivity index (χ1) is 4.81. The van der Waals surface area contributed by atoms with Crippen LogP contribution in [0.3, 0.4) is 0 Å². The van der Waals surface area contributed by atoms with Crippen molar-refractivity contribution < 1.29 is 4.74 Å². The van der Waals surface area contributed by atoms with Crippen LogP contribution in [0.5, 0.6) is 0 Å². The molecular formula is C8H19NO. The fourth-order valence-electron chi connectivity index (χ4n) is 0.690. The Kier molecular flexibility index (Phi) is 6.98. The van der Waals surface area contributed by atoms with Gasteiger partial charge in [0, 0.05) is 13.7 Å². The summed E-state index contributed by atoms with van der Waals surface area (Å²) in [6.45, 7) is 6.35. The molecule has 0 radical (unpaired) electrons.